The van der Waals surface area contributed by atoms with Crippen molar-refractivity contribution in [1.29, 1.82) is 0 Å². The van der Waals surface area contributed by atoms with Crippen molar-refractivity contribution >= 4 is 0 Å². The summed E-state index contributed by atoms with van der Waals surface area (Å²) >= 11 is 0. The lowest BCUT2D eigenvalue weighted by Crippen LogP contribution is -2.56. The van der Waals surface area contributed by atoms with Crippen LogP contribution in [-0.2, 0) is 7.05 Å². The van der Waals surface area contributed by atoms with E-state index in [9.17, 15) is 0 Å². The van der Waals surface area contributed by atoms with Gasteiger partial charge in [0.05, 0.1) is 11.7 Å². The van der Waals surface area contributed by atoms with E-state index in [0.717, 1.165) is 12.5 Å². The highest BCUT2D eigenvalue weighted by molar-refractivity contribution is 5.16. The molecule has 4 heteroatoms. The Bertz CT molecular complexity index is 426. The summed E-state index contributed by atoms with van der Waals surface area (Å²) in [4.78, 5) is 2.45. The molecule has 1 fully saturated rings. The quantitative estimate of drug-likeness (QED) is 0.898. The first-order chi connectivity index (χ1) is 9.51. The van der Waals surface area contributed by atoms with Gasteiger partial charge in [0.15, 0.2) is 0 Å². The minimum Gasteiger partial charge on any atom is -0.307 e. The zero-order valence-corrected chi connectivity index (χ0v) is 13.7. The second-order valence-corrected chi connectivity index (χ2v) is 6.57. The first-order valence-corrected chi connectivity index (χ1v) is 7.90. The standard InChI is InChI=1S/C16H30N4/c1-6-17-15(14-9-11-18-20(14)5)16(19(3)4)10-7-8-13(2)12-16/h9,11,13,15,17H,6-8,10,12H2,1-5H3. The van der Waals surface area contributed by atoms with Crippen LogP contribution in [0.3, 0.4) is 0 Å². The van der Waals surface area contributed by atoms with Crippen LogP contribution in [-0.4, -0.2) is 40.9 Å². The normalized spacial score (nSPS) is 28.8. The molecule has 3 unspecified atom stereocenters. The van der Waals surface area contributed by atoms with E-state index in [1.165, 1.54) is 31.4 Å². The third-order valence-corrected chi connectivity index (χ3v) is 5.00. The fraction of sp³-hybridized carbons (Fsp3) is 0.812. The maximum Gasteiger partial charge on any atom is 0.0678 e. The second-order valence-electron chi connectivity index (χ2n) is 6.57. The molecule has 0 radical (unpaired) electrons. The molecule has 4 nitrogen and oxygen atoms in total. The molecule has 1 aromatic rings. The van der Waals surface area contributed by atoms with Gasteiger partial charge in [-0.25, -0.2) is 0 Å². The Hall–Kier alpha value is -0.870. The van der Waals surface area contributed by atoms with Crippen LogP contribution in [0, 0.1) is 5.92 Å². The second kappa shape index (κ2) is 6.27. The summed E-state index contributed by atoms with van der Waals surface area (Å²) in [5, 5.41) is 8.12. The fourth-order valence-electron chi connectivity index (χ4n) is 3.93. The molecule has 1 heterocycles. The molecule has 0 amide bonds. The Balaban J connectivity index is 2.40. The van der Waals surface area contributed by atoms with Gasteiger partial charge in [0.25, 0.3) is 0 Å². The van der Waals surface area contributed by atoms with Crippen molar-refractivity contribution < 1.29 is 0 Å². The molecule has 0 spiro atoms. The number of aryl methyl sites for hydroxylation is 1. The minimum absolute atomic E-state index is 0.196. The number of rotatable bonds is 5. The van der Waals surface area contributed by atoms with Gasteiger partial charge in [-0.2, -0.15) is 5.10 Å². The average Bonchev–Trinajstić information content (AvgIpc) is 2.81. The molecular formula is C16H30N4. The maximum absolute atomic E-state index is 4.38. The third-order valence-electron chi connectivity index (χ3n) is 5.00. The highest BCUT2D eigenvalue weighted by Gasteiger charge is 2.44. The van der Waals surface area contributed by atoms with Gasteiger partial charge in [0.2, 0.25) is 0 Å². The Morgan fingerprint density at radius 3 is 2.80 bits per heavy atom. The number of nitrogens with zero attached hydrogens (tertiary/aromatic N) is 3. The summed E-state index contributed by atoms with van der Waals surface area (Å²) in [6.45, 7) is 5.57. The van der Waals surface area contributed by atoms with E-state index in [2.05, 4.69) is 56.4 Å². The van der Waals surface area contributed by atoms with E-state index in [1.807, 2.05) is 10.9 Å². The number of aromatic nitrogens is 2. The first-order valence-electron chi connectivity index (χ1n) is 7.90. The zero-order chi connectivity index (χ0) is 14.8. The van der Waals surface area contributed by atoms with Crippen LogP contribution >= 0.6 is 0 Å². The lowest BCUT2D eigenvalue weighted by molar-refractivity contribution is 0.0345. The predicted molar refractivity (Wildman–Crippen MR) is 83.7 cm³/mol. The van der Waals surface area contributed by atoms with Crippen LogP contribution in [0.5, 0.6) is 0 Å². The van der Waals surface area contributed by atoms with E-state index in [-0.39, 0.29) is 5.54 Å². The molecule has 0 bridgehead atoms. The van der Waals surface area contributed by atoms with Gasteiger partial charge in [0.1, 0.15) is 0 Å². The molecule has 0 saturated heterocycles. The highest BCUT2D eigenvalue weighted by atomic mass is 15.3. The van der Waals surface area contributed by atoms with Crippen molar-refractivity contribution in [3.8, 4) is 0 Å². The Morgan fingerprint density at radius 2 is 2.30 bits per heavy atom. The van der Waals surface area contributed by atoms with Crippen molar-refractivity contribution in [2.45, 2.75) is 51.1 Å². The highest BCUT2D eigenvalue weighted by Crippen LogP contribution is 2.43. The van der Waals surface area contributed by atoms with E-state index < -0.39 is 0 Å². The van der Waals surface area contributed by atoms with Gasteiger partial charge in [-0.05, 0) is 45.5 Å². The number of nitrogens with one attached hydrogen (secondary N) is 1. The smallest absolute Gasteiger partial charge is 0.0678 e. The molecule has 2 rings (SSSR count). The van der Waals surface area contributed by atoms with E-state index in [0.29, 0.717) is 6.04 Å². The summed E-state index contributed by atoms with van der Waals surface area (Å²) in [6.07, 6.45) is 7.10. The number of hydrogen-bond donors (Lipinski definition) is 1. The SMILES string of the molecule is CCNC(c1ccnn1C)C1(N(C)C)CCCC(C)C1. The van der Waals surface area contributed by atoms with Gasteiger partial charge in [-0.1, -0.05) is 26.7 Å². The summed E-state index contributed by atoms with van der Waals surface area (Å²) in [5.74, 6) is 0.792. The Labute approximate surface area is 123 Å². The van der Waals surface area contributed by atoms with Crippen molar-refractivity contribution in [1.82, 2.24) is 20.0 Å². The first kappa shape index (κ1) is 15.5. The van der Waals surface area contributed by atoms with Gasteiger partial charge in [-0.15, -0.1) is 0 Å². The molecule has 1 saturated carbocycles. The summed E-state index contributed by atoms with van der Waals surface area (Å²) in [5.41, 5.74) is 1.50. The van der Waals surface area contributed by atoms with E-state index in [1.54, 1.807) is 0 Å². The maximum atomic E-state index is 4.38. The topological polar surface area (TPSA) is 33.1 Å². The van der Waals surface area contributed by atoms with Crippen LogP contribution < -0.4 is 5.32 Å². The van der Waals surface area contributed by atoms with Crippen LogP contribution in [0.25, 0.3) is 0 Å². The molecule has 1 aliphatic rings. The van der Waals surface area contributed by atoms with Gasteiger partial charge in [0, 0.05) is 18.8 Å². The lowest BCUT2D eigenvalue weighted by atomic mass is 9.70. The van der Waals surface area contributed by atoms with Gasteiger partial charge < -0.3 is 10.2 Å². The predicted octanol–water partition coefficient (Wildman–Crippen LogP) is 2.58. The summed E-state index contributed by atoms with van der Waals surface area (Å²) in [7, 11) is 6.52. The largest absolute Gasteiger partial charge is 0.307 e. The molecule has 1 N–H and O–H groups in total. The summed E-state index contributed by atoms with van der Waals surface area (Å²) < 4.78 is 2.03. The number of likely N-dealkylation sites (N-methyl/N-ethyl adjacent to an activating group) is 2. The number of hydrogen-bond acceptors (Lipinski definition) is 3. The molecule has 1 aliphatic carbocycles. The van der Waals surface area contributed by atoms with Crippen LogP contribution in [0.15, 0.2) is 12.3 Å². The molecular weight excluding hydrogens is 248 g/mol. The zero-order valence-electron chi connectivity index (χ0n) is 13.7. The van der Waals surface area contributed by atoms with E-state index >= 15 is 0 Å². The van der Waals surface area contributed by atoms with E-state index in [4.69, 9.17) is 0 Å². The van der Waals surface area contributed by atoms with Crippen LogP contribution in [0.2, 0.25) is 0 Å². The van der Waals surface area contributed by atoms with Gasteiger partial charge in [-0.3, -0.25) is 4.68 Å². The summed E-state index contributed by atoms with van der Waals surface area (Å²) in [6, 6.07) is 2.51. The van der Waals surface area contributed by atoms with Gasteiger partial charge >= 0.3 is 0 Å². The molecule has 0 aliphatic heterocycles. The third kappa shape index (κ3) is 2.77. The minimum atomic E-state index is 0.196. The molecule has 114 valence electrons. The Kier molecular flexibility index (Phi) is 4.86. The van der Waals surface area contributed by atoms with Crippen molar-refractivity contribution in [3.63, 3.8) is 0 Å². The van der Waals surface area contributed by atoms with Crippen molar-refractivity contribution in [2.75, 3.05) is 20.6 Å². The molecule has 0 aromatic carbocycles. The molecule has 20 heavy (non-hydrogen) atoms. The Morgan fingerprint density at radius 1 is 1.55 bits per heavy atom. The lowest BCUT2D eigenvalue weighted by Gasteiger charge is -2.50. The van der Waals surface area contributed by atoms with Crippen molar-refractivity contribution in [3.05, 3.63) is 18.0 Å². The van der Waals surface area contributed by atoms with Crippen LogP contribution in [0.1, 0.15) is 51.3 Å². The average molecular weight is 278 g/mol. The van der Waals surface area contributed by atoms with Crippen molar-refractivity contribution in [2.24, 2.45) is 13.0 Å². The molecule has 1 aromatic heterocycles. The monoisotopic (exact) mass is 278 g/mol. The molecule has 3 atom stereocenters. The van der Waals surface area contributed by atoms with Crippen LogP contribution in [0.4, 0.5) is 0 Å². The fourth-order valence-corrected chi connectivity index (χ4v) is 3.93.